The van der Waals surface area contributed by atoms with Crippen LogP contribution in [0.2, 0.25) is 0 Å². The van der Waals surface area contributed by atoms with Crippen LogP contribution in [0.1, 0.15) is 26.7 Å². The van der Waals surface area contributed by atoms with Crippen molar-refractivity contribution in [1.82, 2.24) is 10.2 Å². The van der Waals surface area contributed by atoms with E-state index in [9.17, 15) is 10.2 Å². The number of unbranched alkanes of at least 4 members (excludes halogenated alkanes) is 1. The highest BCUT2D eigenvalue weighted by Crippen LogP contribution is 2.02. The van der Waals surface area contributed by atoms with Crippen LogP contribution in [0, 0.1) is 0 Å². The highest BCUT2D eigenvalue weighted by Gasteiger charge is 2.21. The third-order valence-electron chi connectivity index (χ3n) is 2.87. The van der Waals surface area contributed by atoms with Crippen molar-refractivity contribution in [2.45, 2.75) is 38.4 Å². The van der Waals surface area contributed by atoms with E-state index in [1.807, 2.05) is 19.0 Å². The Morgan fingerprint density at radius 1 is 1.19 bits per heavy atom. The lowest BCUT2D eigenvalue weighted by Gasteiger charge is -2.27. The predicted molar refractivity (Wildman–Crippen MR) is 84.6 cm³/mol. The first-order chi connectivity index (χ1) is 9.87. The summed E-state index contributed by atoms with van der Waals surface area (Å²) in [5.74, 6) is 0. The molecule has 0 aromatic heterocycles. The van der Waals surface area contributed by atoms with E-state index in [-0.39, 0.29) is 6.61 Å². The number of aliphatic hydroxyl groups excluding tert-OH is 1. The van der Waals surface area contributed by atoms with Crippen molar-refractivity contribution in [3.05, 3.63) is 0 Å². The summed E-state index contributed by atoms with van der Waals surface area (Å²) in [6.07, 6.45) is 1.62. The summed E-state index contributed by atoms with van der Waals surface area (Å²) < 4.78 is 10.7. The number of nitrogens with one attached hydrogen (secondary N) is 1. The molecule has 128 valence electrons. The number of ether oxygens (including phenoxy) is 2. The van der Waals surface area contributed by atoms with Gasteiger partial charge in [-0.3, -0.25) is 0 Å². The zero-order valence-corrected chi connectivity index (χ0v) is 14.1. The van der Waals surface area contributed by atoms with Gasteiger partial charge in [0, 0.05) is 26.2 Å². The second kappa shape index (κ2) is 12.3. The summed E-state index contributed by atoms with van der Waals surface area (Å²) in [7, 11) is 3.83. The van der Waals surface area contributed by atoms with Gasteiger partial charge in [0.15, 0.2) is 0 Å². The quantitative estimate of drug-likeness (QED) is 0.395. The second-order valence-corrected chi connectivity index (χ2v) is 6.06. The molecule has 0 aliphatic heterocycles. The van der Waals surface area contributed by atoms with Crippen LogP contribution in [-0.4, -0.2) is 87.0 Å². The summed E-state index contributed by atoms with van der Waals surface area (Å²) in [6, 6.07) is 0. The monoisotopic (exact) mass is 306 g/mol. The van der Waals surface area contributed by atoms with Crippen LogP contribution < -0.4 is 5.32 Å². The van der Waals surface area contributed by atoms with E-state index in [4.69, 9.17) is 9.47 Å². The van der Waals surface area contributed by atoms with Gasteiger partial charge < -0.3 is 29.9 Å². The van der Waals surface area contributed by atoms with Gasteiger partial charge in [0.25, 0.3) is 0 Å². The average Bonchev–Trinajstić information content (AvgIpc) is 2.35. The Labute approximate surface area is 129 Å². The highest BCUT2D eigenvalue weighted by atomic mass is 16.5. The van der Waals surface area contributed by atoms with Crippen molar-refractivity contribution in [2.75, 3.05) is 60.2 Å². The van der Waals surface area contributed by atoms with Gasteiger partial charge in [-0.25, -0.2) is 0 Å². The van der Waals surface area contributed by atoms with Crippen molar-refractivity contribution < 1.29 is 19.7 Å². The van der Waals surface area contributed by atoms with E-state index in [1.165, 1.54) is 0 Å². The lowest BCUT2D eigenvalue weighted by Crippen LogP contribution is -2.47. The minimum absolute atomic E-state index is 0.278. The molecule has 0 radical (unpaired) electrons. The number of hydrogen-bond donors (Lipinski definition) is 3. The van der Waals surface area contributed by atoms with Crippen LogP contribution in [0.5, 0.6) is 0 Å². The summed E-state index contributed by atoms with van der Waals surface area (Å²) in [6.45, 7) is 7.42. The van der Waals surface area contributed by atoms with Crippen molar-refractivity contribution in [1.29, 1.82) is 0 Å². The fourth-order valence-corrected chi connectivity index (χ4v) is 1.99. The molecular weight excluding hydrogens is 272 g/mol. The Hall–Kier alpha value is -0.240. The van der Waals surface area contributed by atoms with Crippen LogP contribution in [0.4, 0.5) is 0 Å². The summed E-state index contributed by atoms with van der Waals surface area (Å²) in [5, 5.41) is 22.9. The van der Waals surface area contributed by atoms with Crippen molar-refractivity contribution in [3.8, 4) is 0 Å². The molecule has 0 aliphatic rings. The van der Waals surface area contributed by atoms with Crippen molar-refractivity contribution in [3.63, 3.8) is 0 Å². The molecule has 2 unspecified atom stereocenters. The summed E-state index contributed by atoms with van der Waals surface area (Å²) >= 11 is 0. The third-order valence-corrected chi connectivity index (χ3v) is 2.87. The van der Waals surface area contributed by atoms with Gasteiger partial charge in [0.2, 0.25) is 0 Å². The lowest BCUT2D eigenvalue weighted by atomic mass is 10.1. The smallest absolute Gasteiger partial charge is 0.0897 e. The standard InChI is InChI=1S/C15H34N2O4/c1-5-6-7-20-8-9-21-11-14(18)10-16-12-15(2,19)13-17(3)4/h14,16,18-19H,5-13H2,1-4H3. The van der Waals surface area contributed by atoms with E-state index < -0.39 is 11.7 Å². The van der Waals surface area contributed by atoms with E-state index in [2.05, 4.69) is 12.2 Å². The molecule has 0 saturated heterocycles. The SMILES string of the molecule is CCCCOCCOCC(O)CNCC(C)(O)CN(C)C. The molecule has 0 aromatic rings. The number of hydrogen-bond acceptors (Lipinski definition) is 6. The van der Waals surface area contributed by atoms with Gasteiger partial charge in [-0.15, -0.1) is 0 Å². The molecule has 0 spiro atoms. The van der Waals surface area contributed by atoms with E-state index >= 15 is 0 Å². The maximum Gasteiger partial charge on any atom is 0.0897 e. The molecule has 6 nitrogen and oxygen atoms in total. The van der Waals surface area contributed by atoms with Gasteiger partial charge in [-0.05, 0) is 27.4 Å². The molecule has 0 saturated carbocycles. The topological polar surface area (TPSA) is 74.2 Å². The maximum atomic E-state index is 10.1. The summed E-state index contributed by atoms with van der Waals surface area (Å²) in [5.41, 5.74) is -0.808. The molecule has 2 atom stereocenters. The fourth-order valence-electron chi connectivity index (χ4n) is 1.99. The van der Waals surface area contributed by atoms with E-state index in [0.29, 0.717) is 32.8 Å². The van der Waals surface area contributed by atoms with Crippen LogP contribution >= 0.6 is 0 Å². The predicted octanol–water partition coefficient (Wildman–Crippen LogP) is 0.0828. The van der Waals surface area contributed by atoms with Crippen molar-refractivity contribution in [2.24, 2.45) is 0 Å². The van der Waals surface area contributed by atoms with E-state index in [1.54, 1.807) is 6.92 Å². The zero-order valence-electron chi connectivity index (χ0n) is 14.1. The maximum absolute atomic E-state index is 10.1. The molecule has 0 bridgehead atoms. The van der Waals surface area contributed by atoms with Crippen LogP contribution in [-0.2, 0) is 9.47 Å². The average molecular weight is 306 g/mol. The minimum Gasteiger partial charge on any atom is -0.389 e. The van der Waals surface area contributed by atoms with Gasteiger partial charge in [-0.2, -0.15) is 0 Å². The molecule has 0 heterocycles. The molecule has 3 N–H and O–H groups in total. The molecule has 0 rings (SSSR count). The van der Waals surface area contributed by atoms with Crippen LogP contribution in [0.3, 0.4) is 0 Å². The number of rotatable bonds is 14. The summed E-state index contributed by atoms with van der Waals surface area (Å²) in [4.78, 5) is 1.93. The van der Waals surface area contributed by atoms with Gasteiger partial charge >= 0.3 is 0 Å². The van der Waals surface area contributed by atoms with Crippen molar-refractivity contribution >= 4 is 0 Å². The Balaban J connectivity index is 3.47. The van der Waals surface area contributed by atoms with Gasteiger partial charge in [0.1, 0.15) is 0 Å². The number of likely N-dealkylation sites (N-methyl/N-ethyl adjacent to an activating group) is 1. The molecule has 21 heavy (non-hydrogen) atoms. The Kier molecular flexibility index (Phi) is 12.2. The Morgan fingerprint density at radius 3 is 2.48 bits per heavy atom. The lowest BCUT2D eigenvalue weighted by molar-refractivity contribution is -0.00122. The highest BCUT2D eigenvalue weighted by molar-refractivity contribution is 4.78. The third kappa shape index (κ3) is 14.5. The largest absolute Gasteiger partial charge is 0.389 e. The zero-order chi connectivity index (χ0) is 16.1. The van der Waals surface area contributed by atoms with Gasteiger partial charge in [-0.1, -0.05) is 13.3 Å². The molecule has 0 aromatic carbocycles. The number of aliphatic hydroxyl groups is 2. The molecule has 0 amide bonds. The molecule has 0 aliphatic carbocycles. The molecular formula is C15H34N2O4. The first kappa shape index (κ1) is 20.8. The van der Waals surface area contributed by atoms with E-state index in [0.717, 1.165) is 19.4 Å². The van der Waals surface area contributed by atoms with Gasteiger partial charge in [0.05, 0.1) is 31.5 Å². The second-order valence-electron chi connectivity index (χ2n) is 6.06. The first-order valence-electron chi connectivity index (χ1n) is 7.78. The Bertz CT molecular complexity index is 238. The normalized spacial score (nSPS) is 16.1. The Morgan fingerprint density at radius 2 is 1.86 bits per heavy atom. The number of nitrogens with zero attached hydrogens (tertiary/aromatic N) is 1. The minimum atomic E-state index is -0.808. The van der Waals surface area contributed by atoms with Crippen LogP contribution in [0.15, 0.2) is 0 Å². The van der Waals surface area contributed by atoms with Crippen LogP contribution in [0.25, 0.3) is 0 Å². The molecule has 0 fully saturated rings. The molecule has 6 heteroatoms. The first-order valence-corrected chi connectivity index (χ1v) is 7.78. The fraction of sp³-hybridized carbons (Fsp3) is 1.00.